The summed E-state index contributed by atoms with van der Waals surface area (Å²) in [6, 6.07) is 5.04. The van der Waals surface area contributed by atoms with Crippen LogP contribution in [-0.2, 0) is 0 Å². The average molecular weight is 354 g/mol. The molecule has 1 aromatic carbocycles. The van der Waals surface area contributed by atoms with Gasteiger partial charge in [0.05, 0.1) is 16.8 Å². The molecule has 4 rings (SSSR count). The van der Waals surface area contributed by atoms with Crippen molar-refractivity contribution in [2.75, 3.05) is 18.0 Å². The smallest absolute Gasteiger partial charge is 0.252 e. The van der Waals surface area contributed by atoms with Gasteiger partial charge < -0.3 is 15.2 Å². The molecule has 1 aliphatic heterocycles. The van der Waals surface area contributed by atoms with Gasteiger partial charge >= 0.3 is 0 Å². The molecule has 1 aliphatic carbocycles. The third kappa shape index (κ3) is 2.58. The number of nitriles is 1. The summed E-state index contributed by atoms with van der Waals surface area (Å²) in [6.07, 6.45) is 2.83. The summed E-state index contributed by atoms with van der Waals surface area (Å²) in [7, 11) is 0. The zero-order valence-electron chi connectivity index (χ0n) is 15.1. The summed E-state index contributed by atoms with van der Waals surface area (Å²) in [5.41, 5.74) is 8.09. The van der Waals surface area contributed by atoms with Crippen molar-refractivity contribution in [3.8, 4) is 6.07 Å². The molecule has 2 N–H and O–H groups in total. The Bertz CT molecular complexity index is 984. The maximum Gasteiger partial charge on any atom is 0.252 e. The largest absolute Gasteiger partial charge is 0.369 e. The van der Waals surface area contributed by atoms with Gasteiger partial charge in [-0.2, -0.15) is 5.26 Å². The minimum absolute atomic E-state index is 0.0682. The van der Waals surface area contributed by atoms with Crippen molar-refractivity contribution >= 4 is 16.6 Å². The van der Waals surface area contributed by atoms with Crippen LogP contribution in [0.25, 0.3) is 10.9 Å². The third-order valence-corrected chi connectivity index (χ3v) is 5.82. The Morgan fingerprint density at radius 3 is 2.65 bits per heavy atom. The molecule has 26 heavy (non-hydrogen) atoms. The molecule has 1 aromatic heterocycles. The molecular weight excluding hydrogens is 331 g/mol. The SMILES string of the molecule is Cc1c(N2CC[C@@H]([C@H](C)N)C2)c(F)cc2c(C#N)cc(=O)n(C3CC3)c12. The van der Waals surface area contributed by atoms with E-state index in [9.17, 15) is 10.1 Å². The van der Waals surface area contributed by atoms with Gasteiger partial charge in [-0.15, -0.1) is 0 Å². The summed E-state index contributed by atoms with van der Waals surface area (Å²) >= 11 is 0. The van der Waals surface area contributed by atoms with Crippen molar-refractivity contribution in [2.45, 2.75) is 45.2 Å². The second-order valence-electron chi connectivity index (χ2n) is 7.69. The van der Waals surface area contributed by atoms with Crippen molar-refractivity contribution in [1.29, 1.82) is 5.26 Å². The summed E-state index contributed by atoms with van der Waals surface area (Å²) in [4.78, 5) is 14.6. The van der Waals surface area contributed by atoms with Crippen LogP contribution in [0.1, 0.15) is 43.4 Å². The van der Waals surface area contributed by atoms with Crippen LogP contribution in [0, 0.1) is 30.0 Å². The molecule has 0 bridgehead atoms. The number of hydrogen-bond donors (Lipinski definition) is 1. The normalized spacial score (nSPS) is 21.2. The highest BCUT2D eigenvalue weighted by Gasteiger charge is 2.32. The lowest BCUT2D eigenvalue weighted by atomic mass is 10.0. The number of fused-ring (bicyclic) bond motifs is 1. The summed E-state index contributed by atoms with van der Waals surface area (Å²) < 4.78 is 16.8. The number of anilines is 1. The van der Waals surface area contributed by atoms with Gasteiger partial charge in [0.2, 0.25) is 0 Å². The topological polar surface area (TPSA) is 75.1 Å². The van der Waals surface area contributed by atoms with E-state index in [-0.39, 0.29) is 29.0 Å². The number of nitrogens with zero attached hydrogens (tertiary/aromatic N) is 3. The predicted octanol–water partition coefficient (Wildman–Crippen LogP) is 2.83. The van der Waals surface area contributed by atoms with Crippen molar-refractivity contribution in [3.05, 3.63) is 39.4 Å². The van der Waals surface area contributed by atoms with Gasteiger partial charge in [-0.25, -0.2) is 4.39 Å². The summed E-state index contributed by atoms with van der Waals surface area (Å²) in [5.74, 6) is -0.00150. The first-order valence-corrected chi connectivity index (χ1v) is 9.21. The van der Waals surface area contributed by atoms with Crippen LogP contribution < -0.4 is 16.2 Å². The molecule has 0 radical (unpaired) electrons. The highest BCUT2D eigenvalue weighted by molar-refractivity contribution is 5.92. The van der Waals surface area contributed by atoms with E-state index in [4.69, 9.17) is 5.73 Å². The number of benzene rings is 1. The van der Waals surface area contributed by atoms with Crippen LogP contribution in [0.3, 0.4) is 0 Å². The highest BCUT2D eigenvalue weighted by atomic mass is 19.1. The molecule has 2 aromatic rings. The van der Waals surface area contributed by atoms with Gasteiger partial charge in [-0.3, -0.25) is 4.79 Å². The fourth-order valence-corrected chi connectivity index (χ4v) is 4.25. The fraction of sp³-hybridized carbons (Fsp3) is 0.500. The number of aryl methyl sites for hydroxylation is 1. The minimum atomic E-state index is -0.335. The maximum atomic E-state index is 15.1. The first-order valence-electron chi connectivity index (χ1n) is 9.21. The number of aromatic nitrogens is 1. The predicted molar refractivity (Wildman–Crippen MR) is 99.9 cm³/mol. The van der Waals surface area contributed by atoms with Crippen LogP contribution in [0.15, 0.2) is 16.9 Å². The van der Waals surface area contributed by atoms with E-state index in [1.165, 1.54) is 12.1 Å². The van der Waals surface area contributed by atoms with Gasteiger partial charge in [0.15, 0.2) is 0 Å². The lowest BCUT2D eigenvalue weighted by molar-refractivity contribution is 0.487. The lowest BCUT2D eigenvalue weighted by Crippen LogP contribution is -2.30. The molecule has 0 unspecified atom stereocenters. The van der Waals surface area contributed by atoms with Crippen molar-refractivity contribution < 1.29 is 4.39 Å². The number of pyridine rings is 1. The van der Waals surface area contributed by atoms with Crippen molar-refractivity contribution in [3.63, 3.8) is 0 Å². The van der Waals surface area contributed by atoms with Gasteiger partial charge in [-0.05, 0) is 50.7 Å². The molecule has 6 heteroatoms. The van der Waals surface area contributed by atoms with Gasteiger partial charge in [0.1, 0.15) is 11.9 Å². The van der Waals surface area contributed by atoms with Gasteiger partial charge in [0, 0.05) is 36.6 Å². The molecule has 0 spiro atoms. The van der Waals surface area contributed by atoms with E-state index in [0.717, 1.165) is 31.4 Å². The maximum absolute atomic E-state index is 15.1. The molecule has 1 saturated carbocycles. The zero-order valence-corrected chi connectivity index (χ0v) is 15.1. The Hall–Kier alpha value is -2.39. The quantitative estimate of drug-likeness (QED) is 0.920. The number of halogens is 1. The zero-order chi connectivity index (χ0) is 18.6. The number of hydrogen-bond acceptors (Lipinski definition) is 4. The highest BCUT2D eigenvalue weighted by Crippen LogP contribution is 2.40. The standard InChI is InChI=1S/C20H23FN4O/c1-11-19-16(14(9-22)7-18(26)25(19)15-3-4-15)8-17(21)20(11)24-6-5-13(10-24)12(2)23/h7-8,12-13,15H,3-6,10,23H2,1-2H3/t12-,13+/m0/s1. The third-order valence-electron chi connectivity index (χ3n) is 5.82. The number of rotatable bonds is 3. The fourth-order valence-electron chi connectivity index (χ4n) is 4.25. The number of nitrogens with two attached hydrogens (primary N) is 1. The summed E-state index contributed by atoms with van der Waals surface area (Å²) in [6.45, 7) is 5.31. The van der Waals surface area contributed by atoms with E-state index in [1.54, 1.807) is 4.57 Å². The van der Waals surface area contributed by atoms with Crippen LogP contribution >= 0.6 is 0 Å². The average Bonchev–Trinajstić information content (AvgIpc) is 3.31. The Morgan fingerprint density at radius 1 is 1.35 bits per heavy atom. The second kappa shape index (κ2) is 6.10. The Morgan fingerprint density at radius 2 is 2.08 bits per heavy atom. The van der Waals surface area contributed by atoms with Crippen LogP contribution in [-0.4, -0.2) is 23.7 Å². The van der Waals surface area contributed by atoms with E-state index in [2.05, 4.69) is 6.07 Å². The first kappa shape index (κ1) is 17.0. The van der Waals surface area contributed by atoms with E-state index < -0.39 is 0 Å². The van der Waals surface area contributed by atoms with Crippen LogP contribution in [0.2, 0.25) is 0 Å². The van der Waals surface area contributed by atoms with E-state index in [1.807, 2.05) is 18.7 Å². The molecule has 2 aliphatic rings. The molecule has 2 heterocycles. The van der Waals surface area contributed by atoms with Crippen LogP contribution in [0.5, 0.6) is 0 Å². The van der Waals surface area contributed by atoms with Crippen molar-refractivity contribution in [2.24, 2.45) is 11.7 Å². The van der Waals surface area contributed by atoms with Gasteiger partial charge in [-0.1, -0.05) is 0 Å². The van der Waals surface area contributed by atoms with Crippen molar-refractivity contribution in [1.82, 2.24) is 4.57 Å². The first-order chi connectivity index (χ1) is 12.4. The minimum Gasteiger partial charge on any atom is -0.369 e. The molecule has 5 nitrogen and oxygen atoms in total. The molecule has 2 atom stereocenters. The Labute approximate surface area is 151 Å². The van der Waals surface area contributed by atoms with E-state index >= 15 is 4.39 Å². The second-order valence-corrected chi connectivity index (χ2v) is 7.69. The Balaban J connectivity index is 1.95. The Kier molecular flexibility index (Phi) is 4.00. The molecule has 0 amide bonds. The molecule has 2 fully saturated rings. The van der Waals surface area contributed by atoms with Gasteiger partial charge in [0.25, 0.3) is 5.56 Å². The van der Waals surface area contributed by atoms with E-state index in [0.29, 0.717) is 29.1 Å². The summed E-state index contributed by atoms with van der Waals surface area (Å²) in [5, 5.41) is 9.95. The monoisotopic (exact) mass is 354 g/mol. The van der Waals surface area contributed by atoms with Crippen LogP contribution in [0.4, 0.5) is 10.1 Å². The molecular formula is C20H23FN4O. The molecule has 1 saturated heterocycles. The molecule has 136 valence electrons. The lowest BCUT2D eigenvalue weighted by Gasteiger charge is -2.25.